The maximum atomic E-state index is 12.0. The van der Waals surface area contributed by atoms with Crippen LogP contribution in [0.4, 0.5) is 10.9 Å². The fourth-order valence-electron chi connectivity index (χ4n) is 1.17. The molecule has 0 aromatic carbocycles. The van der Waals surface area contributed by atoms with Gasteiger partial charge >= 0.3 is 0 Å². The third-order valence-electron chi connectivity index (χ3n) is 2.52. The van der Waals surface area contributed by atoms with Crippen molar-refractivity contribution in [2.75, 3.05) is 17.6 Å². The molecule has 0 aliphatic heterocycles. The summed E-state index contributed by atoms with van der Waals surface area (Å²) < 4.78 is 0. The van der Waals surface area contributed by atoms with Gasteiger partial charge in [-0.05, 0) is 27.2 Å². The molecule has 1 rings (SSSR count). The Bertz CT molecular complexity index is 400. The Hall–Kier alpha value is -1.30. The third kappa shape index (κ3) is 3.59. The molecule has 96 valence electrons. The average Bonchev–Trinajstić information content (AvgIpc) is 2.60. The van der Waals surface area contributed by atoms with Gasteiger partial charge in [-0.2, -0.15) is 0 Å². The van der Waals surface area contributed by atoms with E-state index in [-0.39, 0.29) is 17.3 Å². The Morgan fingerprint density at radius 2 is 2.12 bits per heavy atom. The standard InChI is InChI=1S/C11H20N4OS/c1-5-11(3,4)15-9(16)7-8(12)14-10(17-7)13-6-2/h5-6,12H2,1-4H3,(H,13,14)(H,15,16). The fourth-order valence-corrected chi connectivity index (χ4v) is 2.02. The molecule has 1 aromatic heterocycles. The van der Waals surface area contributed by atoms with Gasteiger partial charge in [-0.3, -0.25) is 4.79 Å². The molecule has 0 unspecified atom stereocenters. The van der Waals surface area contributed by atoms with Crippen LogP contribution in [0.15, 0.2) is 0 Å². The van der Waals surface area contributed by atoms with Crippen LogP contribution in [0.3, 0.4) is 0 Å². The normalized spacial score (nSPS) is 11.3. The SMILES string of the molecule is CCNc1nc(N)c(C(=O)NC(C)(C)CC)s1. The summed E-state index contributed by atoms with van der Waals surface area (Å²) in [5.41, 5.74) is 5.50. The molecule has 1 amide bonds. The summed E-state index contributed by atoms with van der Waals surface area (Å²) in [7, 11) is 0. The molecule has 5 nitrogen and oxygen atoms in total. The van der Waals surface area contributed by atoms with Crippen LogP contribution in [0.2, 0.25) is 0 Å². The molecule has 0 spiro atoms. The molecule has 1 heterocycles. The maximum Gasteiger partial charge on any atom is 0.265 e. The van der Waals surface area contributed by atoms with Gasteiger partial charge in [0.25, 0.3) is 5.91 Å². The van der Waals surface area contributed by atoms with E-state index in [9.17, 15) is 4.79 Å². The molecule has 17 heavy (non-hydrogen) atoms. The van der Waals surface area contributed by atoms with Crippen LogP contribution in [-0.4, -0.2) is 23.0 Å². The number of thiazole rings is 1. The van der Waals surface area contributed by atoms with E-state index in [1.165, 1.54) is 11.3 Å². The minimum absolute atomic E-state index is 0.156. The molecular formula is C11H20N4OS. The van der Waals surface area contributed by atoms with Crippen LogP contribution in [0.25, 0.3) is 0 Å². The van der Waals surface area contributed by atoms with Gasteiger partial charge in [-0.15, -0.1) is 0 Å². The van der Waals surface area contributed by atoms with Crippen molar-refractivity contribution in [2.45, 2.75) is 39.7 Å². The Morgan fingerprint density at radius 3 is 2.65 bits per heavy atom. The maximum absolute atomic E-state index is 12.0. The van der Waals surface area contributed by atoms with Gasteiger partial charge < -0.3 is 16.4 Å². The second kappa shape index (κ2) is 5.35. The Labute approximate surface area is 106 Å². The van der Waals surface area contributed by atoms with E-state index in [2.05, 4.69) is 15.6 Å². The van der Waals surface area contributed by atoms with E-state index in [1.54, 1.807) is 0 Å². The van der Waals surface area contributed by atoms with Gasteiger partial charge in [0.15, 0.2) is 5.13 Å². The van der Waals surface area contributed by atoms with Crippen LogP contribution in [0.5, 0.6) is 0 Å². The van der Waals surface area contributed by atoms with E-state index in [0.29, 0.717) is 10.0 Å². The van der Waals surface area contributed by atoms with Gasteiger partial charge in [-0.1, -0.05) is 18.3 Å². The lowest BCUT2D eigenvalue weighted by Crippen LogP contribution is -2.42. The second-order valence-electron chi connectivity index (χ2n) is 4.46. The number of rotatable bonds is 5. The number of carbonyl (C=O) groups excluding carboxylic acids is 1. The summed E-state index contributed by atoms with van der Waals surface area (Å²) in [6.45, 7) is 8.72. The predicted molar refractivity (Wildman–Crippen MR) is 72.5 cm³/mol. The number of nitrogens with zero attached hydrogens (tertiary/aromatic N) is 1. The van der Waals surface area contributed by atoms with Crippen molar-refractivity contribution in [3.8, 4) is 0 Å². The van der Waals surface area contributed by atoms with Crippen molar-refractivity contribution in [2.24, 2.45) is 0 Å². The lowest BCUT2D eigenvalue weighted by molar-refractivity contribution is 0.0916. The number of hydrogen-bond acceptors (Lipinski definition) is 5. The van der Waals surface area contributed by atoms with Crippen LogP contribution in [0.1, 0.15) is 43.8 Å². The number of nitrogens with one attached hydrogen (secondary N) is 2. The Morgan fingerprint density at radius 1 is 1.47 bits per heavy atom. The topological polar surface area (TPSA) is 80.0 Å². The largest absolute Gasteiger partial charge is 0.382 e. The summed E-state index contributed by atoms with van der Waals surface area (Å²) >= 11 is 1.28. The van der Waals surface area contributed by atoms with Crippen molar-refractivity contribution in [1.29, 1.82) is 0 Å². The highest BCUT2D eigenvalue weighted by Gasteiger charge is 2.22. The Balaban J connectivity index is 2.82. The zero-order valence-corrected chi connectivity index (χ0v) is 11.6. The summed E-state index contributed by atoms with van der Waals surface area (Å²) in [5.74, 6) is 0.131. The molecule has 1 aromatic rings. The highest BCUT2D eigenvalue weighted by atomic mass is 32.1. The molecule has 4 N–H and O–H groups in total. The summed E-state index contributed by atoms with van der Waals surface area (Å²) in [5, 5.41) is 6.67. The van der Waals surface area contributed by atoms with Crippen LogP contribution in [0, 0.1) is 0 Å². The first-order chi connectivity index (χ1) is 7.89. The first-order valence-electron chi connectivity index (χ1n) is 5.72. The summed E-state index contributed by atoms with van der Waals surface area (Å²) in [6.07, 6.45) is 0.859. The van der Waals surface area contributed by atoms with Crippen molar-refractivity contribution in [3.63, 3.8) is 0 Å². The number of carbonyl (C=O) groups is 1. The van der Waals surface area contributed by atoms with Crippen molar-refractivity contribution in [1.82, 2.24) is 10.3 Å². The quantitative estimate of drug-likeness (QED) is 0.753. The first-order valence-corrected chi connectivity index (χ1v) is 6.54. The van der Waals surface area contributed by atoms with Crippen LogP contribution < -0.4 is 16.4 Å². The minimum Gasteiger partial charge on any atom is -0.382 e. The predicted octanol–water partition coefficient (Wildman–Crippen LogP) is 2.08. The Kier molecular flexibility index (Phi) is 4.34. The molecule has 0 radical (unpaired) electrons. The first kappa shape index (κ1) is 13.8. The van der Waals surface area contributed by atoms with Crippen molar-refractivity contribution >= 4 is 28.2 Å². The highest BCUT2D eigenvalue weighted by Crippen LogP contribution is 2.25. The van der Waals surface area contributed by atoms with Crippen LogP contribution >= 0.6 is 11.3 Å². The molecule has 6 heteroatoms. The molecular weight excluding hydrogens is 236 g/mol. The van der Waals surface area contributed by atoms with Gasteiger partial charge in [0.05, 0.1) is 0 Å². The van der Waals surface area contributed by atoms with E-state index in [0.717, 1.165) is 13.0 Å². The smallest absolute Gasteiger partial charge is 0.265 e. The zero-order chi connectivity index (χ0) is 13.1. The summed E-state index contributed by atoms with van der Waals surface area (Å²) in [6, 6.07) is 0. The van der Waals surface area contributed by atoms with E-state index < -0.39 is 0 Å². The molecule has 0 saturated carbocycles. The van der Waals surface area contributed by atoms with Gasteiger partial charge in [0.1, 0.15) is 10.7 Å². The van der Waals surface area contributed by atoms with Crippen molar-refractivity contribution < 1.29 is 4.79 Å². The monoisotopic (exact) mass is 256 g/mol. The lowest BCUT2D eigenvalue weighted by atomic mass is 10.0. The number of anilines is 2. The third-order valence-corrected chi connectivity index (χ3v) is 3.55. The van der Waals surface area contributed by atoms with E-state index >= 15 is 0 Å². The molecule has 0 aliphatic rings. The number of nitrogens with two attached hydrogens (primary N) is 1. The molecule has 0 fully saturated rings. The average molecular weight is 256 g/mol. The highest BCUT2D eigenvalue weighted by molar-refractivity contribution is 7.18. The second-order valence-corrected chi connectivity index (χ2v) is 5.45. The summed E-state index contributed by atoms with van der Waals surface area (Å²) in [4.78, 5) is 16.6. The fraction of sp³-hybridized carbons (Fsp3) is 0.636. The number of aromatic nitrogens is 1. The number of amides is 1. The molecule has 0 bridgehead atoms. The minimum atomic E-state index is -0.230. The van der Waals surface area contributed by atoms with Gasteiger partial charge in [-0.25, -0.2) is 4.98 Å². The van der Waals surface area contributed by atoms with Gasteiger partial charge in [0, 0.05) is 12.1 Å². The van der Waals surface area contributed by atoms with Gasteiger partial charge in [0.2, 0.25) is 0 Å². The zero-order valence-electron chi connectivity index (χ0n) is 10.8. The molecule has 0 saturated heterocycles. The number of hydrogen-bond donors (Lipinski definition) is 3. The lowest BCUT2D eigenvalue weighted by Gasteiger charge is -2.23. The molecule has 0 aliphatic carbocycles. The molecule has 0 atom stereocenters. The van der Waals surface area contributed by atoms with E-state index in [1.807, 2.05) is 27.7 Å². The van der Waals surface area contributed by atoms with Crippen molar-refractivity contribution in [3.05, 3.63) is 4.88 Å². The van der Waals surface area contributed by atoms with Crippen LogP contribution in [-0.2, 0) is 0 Å². The number of nitrogen functional groups attached to an aromatic ring is 1. The van der Waals surface area contributed by atoms with E-state index in [4.69, 9.17) is 5.73 Å².